The topological polar surface area (TPSA) is 59.8 Å². The predicted octanol–water partition coefficient (Wildman–Crippen LogP) is 5.34. The average Bonchev–Trinajstić information content (AvgIpc) is 3.26. The molecule has 0 saturated carbocycles. The van der Waals surface area contributed by atoms with Crippen molar-refractivity contribution < 1.29 is 14.6 Å². The van der Waals surface area contributed by atoms with Gasteiger partial charge in [0.15, 0.2) is 0 Å². The van der Waals surface area contributed by atoms with Crippen LogP contribution in [-0.2, 0) is 13.1 Å². The SMILES string of the molecule is Cc1cc(OCC2(O)CCN(Cc3ccc(OCCCn4ccnc4C)cc3)CC2)cc(C)c1Cl. The summed E-state index contributed by atoms with van der Waals surface area (Å²) >= 11 is 6.25. The third kappa shape index (κ3) is 7.00. The Kier molecular flexibility index (Phi) is 8.37. The fraction of sp³-hybridized carbons (Fsp3) is 0.464. The van der Waals surface area contributed by atoms with E-state index >= 15 is 0 Å². The first kappa shape index (κ1) is 25.5. The Morgan fingerprint density at radius 1 is 1.00 bits per heavy atom. The predicted molar refractivity (Wildman–Crippen MR) is 139 cm³/mol. The first-order valence-electron chi connectivity index (χ1n) is 12.4. The zero-order valence-corrected chi connectivity index (χ0v) is 21.7. The van der Waals surface area contributed by atoms with Crippen LogP contribution in [0, 0.1) is 20.8 Å². The Morgan fingerprint density at radius 3 is 2.31 bits per heavy atom. The van der Waals surface area contributed by atoms with Gasteiger partial charge < -0.3 is 19.1 Å². The smallest absolute Gasteiger partial charge is 0.120 e. The summed E-state index contributed by atoms with van der Waals surface area (Å²) in [6, 6.07) is 12.2. The molecule has 1 N–H and O–H groups in total. The Morgan fingerprint density at radius 2 is 1.69 bits per heavy atom. The molecular weight excluding hydrogens is 462 g/mol. The zero-order chi connectivity index (χ0) is 24.8. The van der Waals surface area contributed by atoms with Gasteiger partial charge in [0, 0.05) is 43.6 Å². The molecule has 4 rings (SSSR count). The highest BCUT2D eigenvalue weighted by molar-refractivity contribution is 6.32. The molecule has 0 bridgehead atoms. The molecule has 1 aliphatic rings. The molecule has 0 radical (unpaired) electrons. The van der Waals surface area contributed by atoms with Crippen LogP contribution >= 0.6 is 11.6 Å². The Bertz CT molecular complexity index is 1080. The van der Waals surface area contributed by atoms with Gasteiger partial charge in [0.05, 0.1) is 6.61 Å². The molecule has 1 aromatic heterocycles. The zero-order valence-electron chi connectivity index (χ0n) is 21.0. The van der Waals surface area contributed by atoms with Gasteiger partial charge in [-0.15, -0.1) is 0 Å². The minimum absolute atomic E-state index is 0.299. The van der Waals surface area contributed by atoms with Crippen LogP contribution in [0.3, 0.4) is 0 Å². The van der Waals surface area contributed by atoms with E-state index in [9.17, 15) is 5.11 Å². The first-order valence-corrected chi connectivity index (χ1v) is 12.7. The number of hydrogen-bond acceptors (Lipinski definition) is 5. The normalized spacial score (nSPS) is 15.8. The van der Waals surface area contributed by atoms with Crippen LogP contribution < -0.4 is 9.47 Å². The lowest BCUT2D eigenvalue weighted by atomic mass is 9.92. The Hall–Kier alpha value is -2.54. The van der Waals surface area contributed by atoms with Crippen LogP contribution in [-0.4, -0.2) is 51.5 Å². The van der Waals surface area contributed by atoms with Gasteiger partial charge in [0.2, 0.25) is 0 Å². The number of imidazole rings is 1. The molecule has 2 heterocycles. The Labute approximate surface area is 213 Å². The summed E-state index contributed by atoms with van der Waals surface area (Å²) in [5.74, 6) is 2.69. The number of nitrogens with zero attached hydrogens (tertiary/aromatic N) is 3. The van der Waals surface area contributed by atoms with E-state index in [0.29, 0.717) is 26.1 Å². The van der Waals surface area contributed by atoms with Gasteiger partial charge in [0.1, 0.15) is 29.5 Å². The number of piperidine rings is 1. The third-order valence-electron chi connectivity index (χ3n) is 6.77. The van der Waals surface area contributed by atoms with E-state index in [4.69, 9.17) is 21.1 Å². The molecule has 0 amide bonds. The van der Waals surface area contributed by atoms with Crippen LogP contribution in [0.1, 0.15) is 41.8 Å². The quantitative estimate of drug-likeness (QED) is 0.383. The van der Waals surface area contributed by atoms with Gasteiger partial charge in [-0.1, -0.05) is 23.7 Å². The van der Waals surface area contributed by atoms with E-state index in [1.54, 1.807) is 0 Å². The molecule has 1 aliphatic heterocycles. The summed E-state index contributed by atoms with van der Waals surface area (Å²) in [6.07, 6.45) is 6.15. The monoisotopic (exact) mass is 497 g/mol. The van der Waals surface area contributed by atoms with E-state index in [-0.39, 0.29) is 0 Å². The molecule has 0 aliphatic carbocycles. The van der Waals surface area contributed by atoms with Crippen LogP contribution in [0.5, 0.6) is 11.5 Å². The van der Waals surface area contributed by atoms with Gasteiger partial charge in [0.25, 0.3) is 0 Å². The average molecular weight is 498 g/mol. The molecule has 0 atom stereocenters. The lowest BCUT2D eigenvalue weighted by Crippen LogP contribution is -2.47. The fourth-order valence-electron chi connectivity index (χ4n) is 4.49. The minimum Gasteiger partial charge on any atom is -0.494 e. The van der Waals surface area contributed by atoms with Crippen molar-refractivity contribution >= 4 is 11.6 Å². The molecule has 2 aromatic carbocycles. The second-order valence-electron chi connectivity index (χ2n) is 9.67. The van der Waals surface area contributed by atoms with Gasteiger partial charge in [-0.3, -0.25) is 4.90 Å². The van der Waals surface area contributed by atoms with E-state index in [2.05, 4.69) is 26.6 Å². The van der Waals surface area contributed by atoms with Gasteiger partial charge >= 0.3 is 0 Å². The molecule has 188 valence electrons. The molecule has 6 nitrogen and oxygen atoms in total. The molecular formula is C28H36ClN3O3. The van der Waals surface area contributed by atoms with E-state index < -0.39 is 5.60 Å². The highest BCUT2D eigenvalue weighted by Crippen LogP contribution is 2.29. The van der Waals surface area contributed by atoms with Gasteiger partial charge in [-0.05, 0) is 81.0 Å². The molecule has 35 heavy (non-hydrogen) atoms. The molecule has 0 unspecified atom stereocenters. The van der Waals surface area contributed by atoms with Crippen LogP contribution in [0.25, 0.3) is 0 Å². The number of hydrogen-bond donors (Lipinski definition) is 1. The van der Waals surface area contributed by atoms with Crippen molar-refractivity contribution in [2.24, 2.45) is 0 Å². The maximum atomic E-state index is 11.0. The van der Waals surface area contributed by atoms with Crippen LogP contribution in [0.4, 0.5) is 0 Å². The summed E-state index contributed by atoms with van der Waals surface area (Å²) in [7, 11) is 0. The number of rotatable bonds is 10. The van der Waals surface area contributed by atoms with E-state index in [1.165, 1.54) is 5.56 Å². The number of benzene rings is 2. The molecule has 3 aromatic rings. The summed E-state index contributed by atoms with van der Waals surface area (Å²) in [4.78, 5) is 6.63. The number of aromatic nitrogens is 2. The largest absolute Gasteiger partial charge is 0.494 e. The standard InChI is InChI=1S/C28H36ClN3O3/c1-21-17-26(18-22(2)27(21)29)35-20-28(33)9-13-31(14-10-28)19-24-5-7-25(8-6-24)34-16-4-12-32-15-11-30-23(32)3/h5-8,11,15,17-18,33H,4,9-10,12-14,16,19-20H2,1-3H3. The summed E-state index contributed by atoms with van der Waals surface area (Å²) < 4.78 is 14.0. The van der Waals surface area contributed by atoms with Crippen molar-refractivity contribution in [1.82, 2.24) is 14.5 Å². The second kappa shape index (κ2) is 11.5. The number of aryl methyl sites for hydroxylation is 4. The molecule has 1 fully saturated rings. The molecule has 0 spiro atoms. The number of aliphatic hydroxyl groups is 1. The summed E-state index contributed by atoms with van der Waals surface area (Å²) in [5.41, 5.74) is 2.43. The van der Waals surface area contributed by atoms with Crippen molar-refractivity contribution in [2.75, 3.05) is 26.3 Å². The highest BCUT2D eigenvalue weighted by atomic mass is 35.5. The van der Waals surface area contributed by atoms with Crippen molar-refractivity contribution in [1.29, 1.82) is 0 Å². The summed E-state index contributed by atoms with van der Waals surface area (Å²) in [6.45, 7) is 10.4. The number of halogens is 1. The number of likely N-dealkylation sites (tertiary alicyclic amines) is 1. The molecule has 1 saturated heterocycles. The highest BCUT2D eigenvalue weighted by Gasteiger charge is 2.33. The third-order valence-corrected chi connectivity index (χ3v) is 7.37. The molecule has 7 heteroatoms. The van der Waals surface area contributed by atoms with Crippen molar-refractivity contribution in [2.45, 2.75) is 58.7 Å². The van der Waals surface area contributed by atoms with Gasteiger partial charge in [-0.2, -0.15) is 0 Å². The summed E-state index contributed by atoms with van der Waals surface area (Å²) in [5, 5.41) is 11.8. The first-order chi connectivity index (χ1) is 16.8. The Balaban J connectivity index is 1.18. The maximum Gasteiger partial charge on any atom is 0.120 e. The van der Waals surface area contributed by atoms with Crippen molar-refractivity contribution in [3.05, 3.63) is 76.3 Å². The van der Waals surface area contributed by atoms with Gasteiger partial charge in [-0.25, -0.2) is 4.98 Å². The lowest BCUT2D eigenvalue weighted by molar-refractivity contribution is -0.0537. The minimum atomic E-state index is -0.801. The van der Waals surface area contributed by atoms with Crippen molar-refractivity contribution in [3.8, 4) is 11.5 Å². The second-order valence-corrected chi connectivity index (χ2v) is 10.1. The van der Waals surface area contributed by atoms with Crippen LogP contribution in [0.15, 0.2) is 48.8 Å². The fourth-order valence-corrected chi connectivity index (χ4v) is 4.60. The van der Waals surface area contributed by atoms with Crippen molar-refractivity contribution in [3.63, 3.8) is 0 Å². The number of ether oxygens (including phenoxy) is 2. The van der Waals surface area contributed by atoms with E-state index in [0.717, 1.165) is 66.1 Å². The maximum absolute atomic E-state index is 11.0. The lowest BCUT2D eigenvalue weighted by Gasteiger charge is -2.38. The van der Waals surface area contributed by atoms with Crippen LogP contribution in [0.2, 0.25) is 5.02 Å². The van der Waals surface area contributed by atoms with E-state index in [1.807, 2.05) is 57.4 Å².